The van der Waals surface area contributed by atoms with E-state index in [2.05, 4.69) is 0 Å². The van der Waals surface area contributed by atoms with E-state index < -0.39 is 16.8 Å². The molecule has 0 aliphatic rings. The van der Waals surface area contributed by atoms with Crippen LogP contribution in [-0.2, 0) is 9.53 Å². The molecule has 1 aromatic rings. The van der Waals surface area contributed by atoms with E-state index in [1.165, 1.54) is 12.1 Å². The van der Waals surface area contributed by atoms with Crippen LogP contribution >= 0.6 is 11.6 Å². The van der Waals surface area contributed by atoms with Crippen LogP contribution in [0, 0.1) is 21.4 Å². The minimum absolute atomic E-state index is 0.0616. The summed E-state index contributed by atoms with van der Waals surface area (Å²) in [6, 6.07) is 5.39. The molecule has 0 unspecified atom stereocenters. The first kappa shape index (κ1) is 13.9. The molecule has 94 valence electrons. The van der Waals surface area contributed by atoms with Gasteiger partial charge in [-0.1, -0.05) is 11.6 Å². The van der Waals surface area contributed by atoms with Crippen molar-refractivity contribution < 1.29 is 14.5 Å². The Morgan fingerprint density at radius 1 is 1.67 bits per heavy atom. The van der Waals surface area contributed by atoms with Gasteiger partial charge in [0.05, 0.1) is 23.2 Å². The van der Waals surface area contributed by atoms with Gasteiger partial charge in [0.15, 0.2) is 5.92 Å². The Morgan fingerprint density at radius 2 is 2.33 bits per heavy atom. The molecule has 0 aliphatic heterocycles. The number of carbonyl (C=O) groups excluding carboxylic acids is 1. The Kier molecular flexibility index (Phi) is 4.63. The van der Waals surface area contributed by atoms with Gasteiger partial charge in [-0.25, -0.2) is 0 Å². The molecule has 0 N–H and O–H groups in total. The molecule has 1 aromatic carbocycles. The molecule has 0 heterocycles. The highest BCUT2D eigenvalue weighted by atomic mass is 35.5. The average Bonchev–Trinajstić information content (AvgIpc) is 2.30. The van der Waals surface area contributed by atoms with E-state index in [1.54, 1.807) is 13.0 Å². The van der Waals surface area contributed by atoms with Crippen molar-refractivity contribution in [2.75, 3.05) is 6.61 Å². The summed E-state index contributed by atoms with van der Waals surface area (Å²) in [5.41, 5.74) is -0.396. The van der Waals surface area contributed by atoms with Gasteiger partial charge in [-0.15, -0.1) is 0 Å². The van der Waals surface area contributed by atoms with Gasteiger partial charge in [0, 0.05) is 11.1 Å². The van der Waals surface area contributed by atoms with Crippen LogP contribution < -0.4 is 0 Å². The first-order chi connectivity index (χ1) is 8.51. The van der Waals surface area contributed by atoms with Gasteiger partial charge in [-0.3, -0.25) is 14.9 Å². The van der Waals surface area contributed by atoms with Crippen LogP contribution in [0.15, 0.2) is 18.2 Å². The zero-order chi connectivity index (χ0) is 13.7. The van der Waals surface area contributed by atoms with E-state index in [9.17, 15) is 14.9 Å². The van der Waals surface area contributed by atoms with Crippen LogP contribution in [0.2, 0.25) is 5.02 Å². The van der Waals surface area contributed by atoms with Crippen molar-refractivity contribution in [2.45, 2.75) is 12.8 Å². The summed E-state index contributed by atoms with van der Waals surface area (Å²) in [6.07, 6.45) is 0. The largest absolute Gasteiger partial charge is 0.465 e. The third-order valence-corrected chi connectivity index (χ3v) is 2.38. The molecule has 0 aromatic heterocycles. The molecule has 18 heavy (non-hydrogen) atoms. The van der Waals surface area contributed by atoms with Crippen molar-refractivity contribution >= 4 is 23.3 Å². The number of ether oxygens (including phenoxy) is 1. The fourth-order valence-electron chi connectivity index (χ4n) is 1.40. The third-order valence-electron chi connectivity index (χ3n) is 2.15. The van der Waals surface area contributed by atoms with Crippen molar-refractivity contribution in [2.24, 2.45) is 0 Å². The predicted octanol–water partition coefficient (Wildman–Crippen LogP) is 2.42. The van der Waals surface area contributed by atoms with Crippen LogP contribution in [0.4, 0.5) is 5.69 Å². The molecule has 0 saturated carbocycles. The average molecular weight is 269 g/mol. The first-order valence-corrected chi connectivity index (χ1v) is 5.39. The first-order valence-electron chi connectivity index (χ1n) is 5.01. The molecular weight excluding hydrogens is 260 g/mol. The molecule has 1 rings (SSSR count). The second-order valence-electron chi connectivity index (χ2n) is 3.27. The lowest BCUT2D eigenvalue weighted by Gasteiger charge is -2.09. The second kappa shape index (κ2) is 5.98. The Hall–Kier alpha value is -2.13. The smallest absolute Gasteiger partial charge is 0.328 e. The van der Waals surface area contributed by atoms with Crippen molar-refractivity contribution in [1.29, 1.82) is 5.26 Å². The van der Waals surface area contributed by atoms with E-state index in [0.29, 0.717) is 0 Å². The van der Waals surface area contributed by atoms with Crippen molar-refractivity contribution in [3.05, 3.63) is 38.9 Å². The lowest BCUT2D eigenvalue weighted by Crippen LogP contribution is -2.15. The SMILES string of the molecule is CCOC(=O)[C@H](C#N)c1cc(Cl)ccc1[N+](=O)[O-]. The number of nitro benzene ring substituents is 1. The maximum Gasteiger partial charge on any atom is 0.328 e. The number of benzene rings is 1. The number of hydrogen-bond acceptors (Lipinski definition) is 5. The standard InChI is InChI=1S/C11H9ClN2O4/c1-2-18-11(15)9(6-13)8-5-7(12)3-4-10(8)14(16)17/h3-5,9H,2H2,1H3/t9-/m1/s1. The molecule has 0 fully saturated rings. The molecular formula is C11H9ClN2O4. The highest BCUT2D eigenvalue weighted by Crippen LogP contribution is 2.30. The van der Waals surface area contributed by atoms with Gasteiger partial charge in [0.2, 0.25) is 0 Å². The Balaban J connectivity index is 3.28. The fourth-order valence-corrected chi connectivity index (χ4v) is 1.58. The van der Waals surface area contributed by atoms with Gasteiger partial charge >= 0.3 is 5.97 Å². The molecule has 0 aliphatic carbocycles. The highest BCUT2D eigenvalue weighted by Gasteiger charge is 2.29. The lowest BCUT2D eigenvalue weighted by atomic mass is 9.99. The number of nitriles is 1. The highest BCUT2D eigenvalue weighted by molar-refractivity contribution is 6.30. The van der Waals surface area contributed by atoms with Gasteiger partial charge in [0.1, 0.15) is 0 Å². The maximum atomic E-state index is 11.6. The number of hydrogen-bond donors (Lipinski definition) is 0. The number of esters is 1. The molecule has 1 atom stereocenters. The Morgan fingerprint density at radius 3 is 2.83 bits per heavy atom. The summed E-state index contributed by atoms with van der Waals surface area (Å²) in [6.45, 7) is 1.67. The number of nitrogens with zero attached hydrogens (tertiary/aromatic N) is 2. The van der Waals surface area contributed by atoms with E-state index >= 15 is 0 Å². The van der Waals surface area contributed by atoms with Gasteiger partial charge in [-0.05, 0) is 19.1 Å². The summed E-state index contributed by atoms with van der Waals surface area (Å²) >= 11 is 5.72. The van der Waals surface area contributed by atoms with Crippen molar-refractivity contribution in [3.63, 3.8) is 0 Å². The topological polar surface area (TPSA) is 93.2 Å². The van der Waals surface area contributed by atoms with E-state index in [1.807, 2.05) is 0 Å². The monoisotopic (exact) mass is 268 g/mol. The predicted molar refractivity (Wildman–Crippen MR) is 63.1 cm³/mol. The number of carbonyl (C=O) groups is 1. The summed E-state index contributed by atoms with van der Waals surface area (Å²) in [4.78, 5) is 21.7. The number of halogens is 1. The van der Waals surface area contributed by atoms with Crippen LogP contribution in [0.5, 0.6) is 0 Å². The minimum atomic E-state index is -1.36. The Labute approximate surface area is 108 Å². The molecule has 0 spiro atoms. The second-order valence-corrected chi connectivity index (χ2v) is 3.71. The van der Waals surface area contributed by atoms with Gasteiger partial charge in [-0.2, -0.15) is 5.26 Å². The summed E-state index contributed by atoms with van der Waals surface area (Å²) in [5.74, 6) is -2.19. The molecule has 0 saturated heterocycles. The van der Waals surface area contributed by atoms with Gasteiger partial charge < -0.3 is 4.74 Å². The summed E-state index contributed by atoms with van der Waals surface area (Å²) in [7, 11) is 0. The van der Waals surface area contributed by atoms with Crippen LogP contribution in [0.1, 0.15) is 18.4 Å². The van der Waals surface area contributed by atoms with Crippen LogP contribution in [0.3, 0.4) is 0 Å². The summed E-state index contributed by atoms with van der Waals surface area (Å²) < 4.78 is 4.70. The van der Waals surface area contributed by atoms with E-state index in [-0.39, 0.29) is 22.9 Å². The van der Waals surface area contributed by atoms with Crippen LogP contribution in [-0.4, -0.2) is 17.5 Å². The third kappa shape index (κ3) is 2.96. The number of nitro groups is 1. The van der Waals surface area contributed by atoms with Crippen molar-refractivity contribution in [3.8, 4) is 6.07 Å². The normalized spacial score (nSPS) is 11.4. The molecule has 0 bridgehead atoms. The Bertz CT molecular complexity index is 524. The summed E-state index contributed by atoms with van der Waals surface area (Å²) in [5, 5.41) is 20.0. The minimum Gasteiger partial charge on any atom is -0.465 e. The lowest BCUT2D eigenvalue weighted by molar-refractivity contribution is -0.385. The van der Waals surface area contributed by atoms with Crippen molar-refractivity contribution in [1.82, 2.24) is 0 Å². The number of rotatable bonds is 4. The molecule has 6 nitrogen and oxygen atoms in total. The quantitative estimate of drug-likeness (QED) is 0.475. The molecule has 0 amide bonds. The van der Waals surface area contributed by atoms with E-state index in [4.69, 9.17) is 21.6 Å². The fraction of sp³-hybridized carbons (Fsp3) is 0.273. The zero-order valence-electron chi connectivity index (χ0n) is 9.42. The van der Waals surface area contributed by atoms with Gasteiger partial charge in [0.25, 0.3) is 5.69 Å². The maximum absolute atomic E-state index is 11.6. The zero-order valence-corrected chi connectivity index (χ0v) is 10.2. The van der Waals surface area contributed by atoms with E-state index in [0.717, 1.165) is 6.07 Å². The molecule has 0 radical (unpaired) electrons. The molecule has 7 heteroatoms. The van der Waals surface area contributed by atoms with Crippen LogP contribution in [0.25, 0.3) is 0 Å².